The molecule has 0 aliphatic carbocycles. The van der Waals surface area contributed by atoms with Crippen LogP contribution in [0.3, 0.4) is 0 Å². The molecule has 0 spiro atoms. The van der Waals surface area contributed by atoms with Gasteiger partial charge in [-0.1, -0.05) is 6.42 Å². The Bertz CT molecular complexity index is 248. The maximum atomic E-state index is 4.74. The van der Waals surface area contributed by atoms with E-state index in [1.165, 1.54) is 51.6 Å². The average Bonchev–Trinajstić information content (AvgIpc) is 2.41. The van der Waals surface area contributed by atoms with Crippen molar-refractivity contribution in [2.75, 3.05) is 26.2 Å². The van der Waals surface area contributed by atoms with Crippen molar-refractivity contribution in [2.45, 2.75) is 38.5 Å². The van der Waals surface area contributed by atoms with Crippen molar-refractivity contribution in [3.05, 3.63) is 0 Å². The summed E-state index contributed by atoms with van der Waals surface area (Å²) >= 11 is 9.48. The van der Waals surface area contributed by atoms with Crippen LogP contribution >= 0.6 is 12.2 Å². The Labute approximate surface area is 121 Å². The topological polar surface area (TPSA) is 32.5 Å². The van der Waals surface area contributed by atoms with Gasteiger partial charge in [-0.15, -0.1) is 5.10 Å². The lowest BCUT2D eigenvalue weighted by Gasteiger charge is -2.29. The van der Waals surface area contributed by atoms with Crippen LogP contribution in [-0.4, -0.2) is 47.2 Å². The molecule has 2 fully saturated rings. The first-order valence-corrected chi connectivity index (χ1v) is 7.54. The summed E-state index contributed by atoms with van der Waals surface area (Å²) in [6.07, 6.45) is 7.88. The number of piperidine rings is 2. The molecular weight excluding hydrogens is 264 g/mol. The Balaban J connectivity index is 0.000000184. The van der Waals surface area contributed by atoms with Gasteiger partial charge >= 0.3 is 0 Å². The van der Waals surface area contributed by atoms with Crippen molar-refractivity contribution in [3.8, 4) is 0 Å². The minimum Gasteiger partial charge on any atom is -0.410 e. The highest BCUT2D eigenvalue weighted by atomic mass is 32.1. The van der Waals surface area contributed by atoms with E-state index in [-0.39, 0.29) is 0 Å². The summed E-state index contributed by atoms with van der Waals surface area (Å²) < 4.78 is 0.460. The third kappa shape index (κ3) is 7.08. The zero-order chi connectivity index (χ0) is 13.2. The first-order chi connectivity index (χ1) is 8.72. The van der Waals surface area contributed by atoms with Gasteiger partial charge in [0.15, 0.2) is 6.72 Å². The number of hydrazone groups is 1. The van der Waals surface area contributed by atoms with Gasteiger partial charge in [-0.2, -0.15) is 5.01 Å². The molecule has 0 radical (unpaired) electrons. The van der Waals surface area contributed by atoms with E-state index < -0.39 is 0 Å². The molecule has 2 aliphatic rings. The number of nitrogens with one attached hydrogen (secondary N) is 2. The van der Waals surface area contributed by atoms with Gasteiger partial charge < -0.3 is 30.3 Å². The van der Waals surface area contributed by atoms with E-state index in [9.17, 15) is 0 Å². The highest BCUT2D eigenvalue weighted by molar-refractivity contribution is 8.00. The first kappa shape index (κ1) is 15.6. The molecule has 104 valence electrons. The molecule has 4 nitrogen and oxygen atoms in total. The lowest BCUT2D eigenvalue weighted by atomic mass is 10.2. The molecule has 2 saturated heterocycles. The van der Waals surface area contributed by atoms with Crippen LogP contribution in [0.5, 0.6) is 0 Å². The zero-order valence-electron chi connectivity index (χ0n) is 11.0. The number of rotatable bonds is 2. The zero-order valence-corrected chi connectivity index (χ0v) is 12.6. The summed E-state index contributed by atoms with van der Waals surface area (Å²) in [6.45, 7) is 8.09. The van der Waals surface area contributed by atoms with Gasteiger partial charge in [0, 0.05) is 13.1 Å². The Morgan fingerprint density at radius 2 is 1.50 bits per heavy atom. The smallest absolute Gasteiger partial charge is 0.155 e. The third-order valence-corrected chi connectivity index (χ3v) is 3.37. The van der Waals surface area contributed by atoms with E-state index in [2.05, 4.69) is 27.3 Å². The normalized spacial score (nSPS) is 20.6. The van der Waals surface area contributed by atoms with E-state index in [1.54, 1.807) is 0 Å². The molecule has 2 N–H and O–H groups in total. The molecule has 2 rings (SSSR count). The predicted molar refractivity (Wildman–Crippen MR) is 82.0 cm³/mol. The SMILES string of the molecule is C=[NH+]N1CCCCC1.S=C([S-])NN1CCCCC1. The van der Waals surface area contributed by atoms with E-state index >= 15 is 0 Å². The number of nitrogens with zero attached hydrogens (tertiary/aromatic N) is 2. The Kier molecular flexibility index (Phi) is 8.20. The lowest BCUT2D eigenvalue weighted by molar-refractivity contribution is -0.640. The Morgan fingerprint density at radius 1 is 1.00 bits per heavy atom. The van der Waals surface area contributed by atoms with Crippen LogP contribution in [0, 0.1) is 0 Å². The van der Waals surface area contributed by atoms with E-state index in [0.29, 0.717) is 4.32 Å². The van der Waals surface area contributed by atoms with Gasteiger partial charge in [-0.3, -0.25) is 0 Å². The van der Waals surface area contributed by atoms with Crippen LogP contribution in [0.2, 0.25) is 0 Å². The van der Waals surface area contributed by atoms with Crippen molar-refractivity contribution >= 4 is 35.9 Å². The van der Waals surface area contributed by atoms with Crippen molar-refractivity contribution in [1.82, 2.24) is 15.4 Å². The predicted octanol–water partition coefficient (Wildman–Crippen LogP) is -0.0228. The van der Waals surface area contributed by atoms with Gasteiger partial charge in [0.25, 0.3) is 0 Å². The van der Waals surface area contributed by atoms with Crippen LogP contribution in [-0.2, 0) is 12.6 Å². The summed E-state index contributed by atoms with van der Waals surface area (Å²) in [6, 6.07) is 0. The molecule has 0 unspecified atom stereocenters. The standard InChI is InChI=1S/C6H12N2S2.C6H12N2/c9-6(10)7-8-4-2-1-3-5-8;1-7-8-5-3-2-4-6-8/h1-5H2,(H2,7,9,10);1-6H2. The van der Waals surface area contributed by atoms with Crippen LogP contribution in [0.15, 0.2) is 0 Å². The molecular formula is C12H24N4S2. The van der Waals surface area contributed by atoms with Gasteiger partial charge in [-0.25, -0.2) is 5.01 Å². The van der Waals surface area contributed by atoms with Crippen molar-refractivity contribution < 1.29 is 5.10 Å². The summed E-state index contributed by atoms with van der Waals surface area (Å²) in [5.41, 5.74) is 2.96. The summed E-state index contributed by atoms with van der Waals surface area (Å²) in [4.78, 5) is 0. The van der Waals surface area contributed by atoms with Crippen molar-refractivity contribution in [2.24, 2.45) is 0 Å². The lowest BCUT2D eigenvalue weighted by Crippen LogP contribution is -2.79. The molecule has 0 atom stereocenters. The molecule has 0 saturated carbocycles. The van der Waals surface area contributed by atoms with Crippen LogP contribution in [0.25, 0.3) is 0 Å². The number of thiocarbonyl (C=S) groups is 1. The molecule has 0 aromatic carbocycles. The summed E-state index contributed by atoms with van der Waals surface area (Å²) in [5.74, 6) is 0. The quantitative estimate of drug-likeness (QED) is 0.424. The fourth-order valence-corrected chi connectivity index (χ4v) is 2.45. The van der Waals surface area contributed by atoms with Gasteiger partial charge in [0.05, 0.1) is 13.1 Å². The fraction of sp³-hybridized carbons (Fsp3) is 0.833. The largest absolute Gasteiger partial charge is 0.410 e. The molecule has 2 heterocycles. The Hall–Kier alpha value is -0.460. The van der Waals surface area contributed by atoms with Gasteiger partial charge in [0.1, 0.15) is 0 Å². The molecule has 6 heteroatoms. The first-order valence-electron chi connectivity index (χ1n) is 6.72. The van der Waals surface area contributed by atoms with Crippen LogP contribution in [0.4, 0.5) is 0 Å². The number of hydrazine groups is 2. The van der Waals surface area contributed by atoms with Crippen LogP contribution < -0.4 is 10.5 Å². The molecule has 0 bridgehead atoms. The second kappa shape index (κ2) is 9.47. The molecule has 2 aliphatic heterocycles. The van der Waals surface area contributed by atoms with Crippen molar-refractivity contribution in [1.29, 1.82) is 0 Å². The monoisotopic (exact) mass is 288 g/mol. The molecule has 18 heavy (non-hydrogen) atoms. The highest BCUT2D eigenvalue weighted by Crippen LogP contribution is 2.05. The van der Waals surface area contributed by atoms with Crippen molar-refractivity contribution in [3.63, 3.8) is 0 Å². The molecule has 0 aromatic heterocycles. The Morgan fingerprint density at radius 3 is 1.89 bits per heavy atom. The number of hydrogen-bond acceptors (Lipinski definition) is 4. The maximum Gasteiger partial charge on any atom is 0.155 e. The maximum absolute atomic E-state index is 4.74. The minimum absolute atomic E-state index is 0.460. The second-order valence-electron chi connectivity index (χ2n) is 4.65. The van der Waals surface area contributed by atoms with E-state index in [0.717, 1.165) is 13.1 Å². The summed E-state index contributed by atoms with van der Waals surface area (Å²) in [5, 5.41) is 7.14. The highest BCUT2D eigenvalue weighted by Gasteiger charge is 2.08. The summed E-state index contributed by atoms with van der Waals surface area (Å²) in [7, 11) is 0. The molecule has 0 amide bonds. The number of hydrogen-bond donors (Lipinski definition) is 2. The third-order valence-electron chi connectivity index (χ3n) is 3.19. The second-order valence-corrected chi connectivity index (χ2v) is 5.73. The average molecular weight is 288 g/mol. The molecule has 0 aromatic rings. The van der Waals surface area contributed by atoms with E-state index in [4.69, 9.17) is 24.8 Å². The van der Waals surface area contributed by atoms with Crippen LogP contribution in [0.1, 0.15) is 38.5 Å². The fourth-order valence-electron chi connectivity index (χ4n) is 2.19. The van der Waals surface area contributed by atoms with Gasteiger partial charge in [-0.05, 0) is 36.4 Å². The van der Waals surface area contributed by atoms with E-state index in [1.807, 2.05) is 0 Å². The van der Waals surface area contributed by atoms with Gasteiger partial charge in [0.2, 0.25) is 0 Å². The minimum atomic E-state index is 0.460.